The Bertz CT molecular complexity index is 571. The van der Waals surface area contributed by atoms with E-state index in [0.717, 1.165) is 39.3 Å². The summed E-state index contributed by atoms with van der Waals surface area (Å²) < 4.78 is 0. The standard InChI is InChI=1S/C17H23N3S/c1-14-17(21-15(2)18-14)13-20-10-8-19(9-11-20)12-16-6-4-3-5-7-16/h3-7H,8-13H2,1-2H3. The Balaban J connectivity index is 1.50. The fourth-order valence-electron chi connectivity index (χ4n) is 2.87. The van der Waals surface area contributed by atoms with Crippen LogP contribution in [0.5, 0.6) is 0 Å². The third kappa shape index (κ3) is 3.90. The fraction of sp³-hybridized carbons (Fsp3) is 0.471. The number of piperazine rings is 1. The second-order valence-electron chi connectivity index (χ2n) is 5.78. The first-order valence-electron chi connectivity index (χ1n) is 7.62. The Morgan fingerprint density at radius 3 is 2.14 bits per heavy atom. The van der Waals surface area contributed by atoms with E-state index >= 15 is 0 Å². The van der Waals surface area contributed by atoms with Crippen molar-refractivity contribution in [2.45, 2.75) is 26.9 Å². The number of thiazole rings is 1. The molecule has 0 N–H and O–H groups in total. The normalized spacial score (nSPS) is 17.2. The maximum Gasteiger partial charge on any atom is 0.0900 e. The summed E-state index contributed by atoms with van der Waals surface area (Å²) in [5.41, 5.74) is 2.63. The molecule has 0 amide bonds. The van der Waals surface area contributed by atoms with Crippen LogP contribution in [0, 0.1) is 13.8 Å². The predicted octanol–water partition coefficient (Wildman–Crippen LogP) is 3.08. The summed E-state index contributed by atoms with van der Waals surface area (Å²) in [6, 6.07) is 10.8. The smallest absolute Gasteiger partial charge is 0.0900 e. The van der Waals surface area contributed by atoms with Crippen LogP contribution in [0.2, 0.25) is 0 Å². The molecular formula is C17H23N3S. The molecule has 2 aromatic rings. The zero-order valence-corrected chi connectivity index (χ0v) is 13.7. The summed E-state index contributed by atoms with van der Waals surface area (Å²) in [6.07, 6.45) is 0. The van der Waals surface area contributed by atoms with Crippen molar-refractivity contribution in [1.82, 2.24) is 14.8 Å². The van der Waals surface area contributed by atoms with Crippen molar-refractivity contribution in [3.8, 4) is 0 Å². The lowest BCUT2D eigenvalue weighted by molar-refractivity contribution is 0.122. The van der Waals surface area contributed by atoms with Crippen LogP contribution in [0.4, 0.5) is 0 Å². The molecule has 0 saturated carbocycles. The lowest BCUT2D eigenvalue weighted by Crippen LogP contribution is -2.45. The molecule has 21 heavy (non-hydrogen) atoms. The van der Waals surface area contributed by atoms with Gasteiger partial charge in [-0.3, -0.25) is 9.80 Å². The Hall–Kier alpha value is -1.23. The lowest BCUT2D eigenvalue weighted by atomic mass is 10.2. The predicted molar refractivity (Wildman–Crippen MR) is 88.6 cm³/mol. The highest BCUT2D eigenvalue weighted by atomic mass is 32.1. The summed E-state index contributed by atoms with van der Waals surface area (Å²) in [6.45, 7) is 11.0. The number of nitrogens with zero attached hydrogens (tertiary/aromatic N) is 3. The molecule has 0 bridgehead atoms. The van der Waals surface area contributed by atoms with Gasteiger partial charge < -0.3 is 0 Å². The quantitative estimate of drug-likeness (QED) is 0.865. The molecule has 112 valence electrons. The molecule has 0 spiro atoms. The van der Waals surface area contributed by atoms with E-state index in [9.17, 15) is 0 Å². The van der Waals surface area contributed by atoms with Crippen molar-refractivity contribution in [1.29, 1.82) is 0 Å². The lowest BCUT2D eigenvalue weighted by Gasteiger charge is -2.34. The summed E-state index contributed by atoms with van der Waals surface area (Å²) in [5, 5.41) is 1.19. The largest absolute Gasteiger partial charge is 0.297 e. The Morgan fingerprint density at radius 2 is 1.57 bits per heavy atom. The number of benzene rings is 1. The van der Waals surface area contributed by atoms with Gasteiger partial charge in [-0.05, 0) is 19.4 Å². The van der Waals surface area contributed by atoms with E-state index in [1.807, 2.05) is 11.3 Å². The molecule has 3 nitrogen and oxygen atoms in total. The van der Waals surface area contributed by atoms with Crippen LogP contribution in [0.3, 0.4) is 0 Å². The molecule has 1 aromatic carbocycles. The molecule has 1 aliphatic rings. The van der Waals surface area contributed by atoms with Crippen molar-refractivity contribution in [3.05, 3.63) is 51.5 Å². The number of hydrogen-bond acceptors (Lipinski definition) is 4. The Labute approximate surface area is 131 Å². The minimum atomic E-state index is 1.07. The van der Waals surface area contributed by atoms with Crippen molar-refractivity contribution in [3.63, 3.8) is 0 Å². The monoisotopic (exact) mass is 301 g/mol. The molecule has 0 aliphatic carbocycles. The van der Waals surface area contributed by atoms with Gasteiger partial charge in [-0.25, -0.2) is 4.98 Å². The molecular weight excluding hydrogens is 278 g/mol. The fourth-order valence-corrected chi connectivity index (χ4v) is 3.85. The van der Waals surface area contributed by atoms with Crippen LogP contribution < -0.4 is 0 Å². The van der Waals surface area contributed by atoms with Crippen molar-refractivity contribution in [2.75, 3.05) is 26.2 Å². The minimum absolute atomic E-state index is 1.07. The molecule has 0 unspecified atom stereocenters. The van der Waals surface area contributed by atoms with Gasteiger partial charge in [0.1, 0.15) is 0 Å². The average molecular weight is 301 g/mol. The Morgan fingerprint density at radius 1 is 0.952 bits per heavy atom. The van der Waals surface area contributed by atoms with Crippen LogP contribution >= 0.6 is 11.3 Å². The molecule has 1 aliphatic heterocycles. The summed E-state index contributed by atoms with van der Waals surface area (Å²) >= 11 is 1.85. The molecule has 2 heterocycles. The molecule has 1 aromatic heterocycles. The van der Waals surface area contributed by atoms with E-state index in [1.165, 1.54) is 21.1 Å². The first-order valence-corrected chi connectivity index (χ1v) is 8.44. The van der Waals surface area contributed by atoms with Gasteiger partial charge in [0.2, 0.25) is 0 Å². The van der Waals surface area contributed by atoms with Gasteiger partial charge in [-0.2, -0.15) is 0 Å². The van der Waals surface area contributed by atoms with Gasteiger partial charge in [0, 0.05) is 44.1 Å². The van der Waals surface area contributed by atoms with Crippen LogP contribution in [0.25, 0.3) is 0 Å². The third-order valence-corrected chi connectivity index (χ3v) is 5.14. The second-order valence-corrected chi connectivity index (χ2v) is 7.07. The van der Waals surface area contributed by atoms with Gasteiger partial charge in [0.05, 0.1) is 10.7 Å². The van der Waals surface area contributed by atoms with Crippen LogP contribution in [-0.2, 0) is 13.1 Å². The highest BCUT2D eigenvalue weighted by Crippen LogP contribution is 2.20. The van der Waals surface area contributed by atoms with Gasteiger partial charge >= 0.3 is 0 Å². The topological polar surface area (TPSA) is 19.4 Å². The van der Waals surface area contributed by atoms with Gasteiger partial charge in [0.15, 0.2) is 0 Å². The van der Waals surface area contributed by atoms with Crippen molar-refractivity contribution >= 4 is 11.3 Å². The van der Waals surface area contributed by atoms with E-state index < -0.39 is 0 Å². The zero-order valence-electron chi connectivity index (χ0n) is 12.9. The first-order chi connectivity index (χ1) is 10.2. The number of rotatable bonds is 4. The molecule has 0 atom stereocenters. The maximum atomic E-state index is 4.53. The summed E-state index contributed by atoms with van der Waals surface area (Å²) in [7, 11) is 0. The Kier molecular flexibility index (Phi) is 4.68. The van der Waals surface area contributed by atoms with Gasteiger partial charge in [0.25, 0.3) is 0 Å². The number of aromatic nitrogens is 1. The molecule has 1 fully saturated rings. The summed E-state index contributed by atoms with van der Waals surface area (Å²) in [5.74, 6) is 0. The van der Waals surface area contributed by atoms with E-state index in [1.54, 1.807) is 0 Å². The van der Waals surface area contributed by atoms with E-state index in [2.05, 4.69) is 59.0 Å². The van der Waals surface area contributed by atoms with E-state index in [4.69, 9.17) is 0 Å². The van der Waals surface area contributed by atoms with Crippen molar-refractivity contribution < 1.29 is 0 Å². The zero-order chi connectivity index (χ0) is 14.7. The minimum Gasteiger partial charge on any atom is -0.297 e. The maximum absolute atomic E-state index is 4.53. The first kappa shape index (κ1) is 14.7. The molecule has 0 radical (unpaired) electrons. The third-order valence-electron chi connectivity index (χ3n) is 4.08. The van der Waals surface area contributed by atoms with E-state index in [0.29, 0.717) is 0 Å². The van der Waals surface area contributed by atoms with Gasteiger partial charge in [-0.15, -0.1) is 11.3 Å². The van der Waals surface area contributed by atoms with E-state index in [-0.39, 0.29) is 0 Å². The number of aryl methyl sites for hydroxylation is 2. The number of hydrogen-bond donors (Lipinski definition) is 0. The molecule has 3 rings (SSSR count). The second kappa shape index (κ2) is 6.69. The van der Waals surface area contributed by atoms with Crippen LogP contribution in [0.1, 0.15) is 21.1 Å². The molecule has 4 heteroatoms. The highest BCUT2D eigenvalue weighted by Gasteiger charge is 2.18. The van der Waals surface area contributed by atoms with Crippen molar-refractivity contribution in [2.24, 2.45) is 0 Å². The van der Waals surface area contributed by atoms with Gasteiger partial charge in [-0.1, -0.05) is 30.3 Å². The SMILES string of the molecule is Cc1nc(C)c(CN2CCN(Cc3ccccc3)CC2)s1. The highest BCUT2D eigenvalue weighted by molar-refractivity contribution is 7.11. The van der Waals surface area contributed by atoms with Crippen LogP contribution in [0.15, 0.2) is 30.3 Å². The summed E-state index contributed by atoms with van der Waals surface area (Å²) in [4.78, 5) is 11.1. The molecule has 1 saturated heterocycles. The van der Waals surface area contributed by atoms with Crippen LogP contribution in [-0.4, -0.2) is 41.0 Å². The average Bonchev–Trinajstić information content (AvgIpc) is 2.80.